The smallest absolute Gasteiger partial charge is 0.294 e. The van der Waals surface area contributed by atoms with Crippen LogP contribution in [0.15, 0.2) is 41.6 Å². The Morgan fingerprint density at radius 2 is 1.96 bits per heavy atom. The van der Waals surface area contributed by atoms with Crippen LogP contribution in [0.5, 0.6) is 0 Å². The van der Waals surface area contributed by atoms with Crippen LogP contribution in [0.3, 0.4) is 0 Å². The molecule has 25 heavy (non-hydrogen) atoms. The predicted molar refractivity (Wildman–Crippen MR) is 92.1 cm³/mol. The Hall–Kier alpha value is -2.80. The first kappa shape index (κ1) is 18.5. The first-order valence-electron chi connectivity index (χ1n) is 7.19. The van der Waals surface area contributed by atoms with Crippen molar-refractivity contribution >= 4 is 27.6 Å². The number of anilines is 1. The summed E-state index contributed by atoms with van der Waals surface area (Å²) in [5.41, 5.74) is 1.21. The molecule has 0 aliphatic rings. The van der Waals surface area contributed by atoms with Crippen LogP contribution in [0.2, 0.25) is 0 Å². The summed E-state index contributed by atoms with van der Waals surface area (Å²) in [7, 11) is -2.50. The van der Waals surface area contributed by atoms with Crippen molar-refractivity contribution in [3.8, 4) is 6.07 Å². The van der Waals surface area contributed by atoms with E-state index in [1.165, 1.54) is 42.7 Å². The molecule has 2 rings (SSSR count). The molecule has 0 saturated heterocycles. The van der Waals surface area contributed by atoms with Crippen LogP contribution in [0.1, 0.15) is 11.3 Å². The summed E-state index contributed by atoms with van der Waals surface area (Å²) in [6, 6.07) is 7.31. The number of likely N-dealkylation sites (N-methyl/N-ethyl adjacent to an activating group) is 1. The van der Waals surface area contributed by atoms with Gasteiger partial charge in [0.1, 0.15) is 5.82 Å². The molecule has 2 aromatic rings. The number of nitriles is 1. The van der Waals surface area contributed by atoms with Crippen LogP contribution < -0.4 is 4.90 Å². The Labute approximate surface area is 145 Å². The Kier molecular flexibility index (Phi) is 5.82. The van der Waals surface area contributed by atoms with Crippen LogP contribution in [0, 0.1) is 11.3 Å². The van der Waals surface area contributed by atoms with Crippen molar-refractivity contribution in [3.05, 3.63) is 47.9 Å². The van der Waals surface area contributed by atoms with Gasteiger partial charge in [-0.2, -0.15) is 13.7 Å². The fourth-order valence-electron chi connectivity index (χ4n) is 2.00. The lowest BCUT2D eigenvalue weighted by Crippen LogP contribution is -2.22. The van der Waals surface area contributed by atoms with Gasteiger partial charge in [-0.05, 0) is 23.8 Å². The minimum absolute atomic E-state index is 0.00201. The highest BCUT2D eigenvalue weighted by molar-refractivity contribution is 7.85. The molecule has 0 radical (unpaired) electrons. The third-order valence-corrected chi connectivity index (χ3v) is 4.23. The molecule has 0 amide bonds. The van der Waals surface area contributed by atoms with Crippen LogP contribution in [-0.4, -0.2) is 48.2 Å². The highest BCUT2D eigenvalue weighted by atomic mass is 32.2. The van der Waals surface area contributed by atoms with E-state index in [9.17, 15) is 13.7 Å². The molecule has 130 valence electrons. The average Bonchev–Trinajstić information content (AvgIpc) is 2.60. The fourth-order valence-corrected chi connectivity index (χ4v) is 2.48. The number of rotatable bonds is 6. The minimum Gasteiger partial charge on any atom is -0.395 e. The molecule has 0 aliphatic carbocycles. The normalized spacial score (nSPS) is 11.8. The number of nitrogens with zero attached hydrogens (tertiary/aromatic N) is 4. The number of aliphatic hydroxyl groups is 1. The summed E-state index contributed by atoms with van der Waals surface area (Å²) in [4.78, 5) is 9.90. The van der Waals surface area contributed by atoms with E-state index in [0.29, 0.717) is 23.6 Å². The minimum atomic E-state index is -4.28. The number of aromatic nitrogens is 2. The number of hydrogen-bond donors (Lipinski definition) is 2. The zero-order valence-electron chi connectivity index (χ0n) is 13.4. The van der Waals surface area contributed by atoms with Crippen LogP contribution in [0.25, 0.3) is 11.6 Å². The fraction of sp³-hybridized carbons (Fsp3) is 0.188. The van der Waals surface area contributed by atoms with Gasteiger partial charge in [0, 0.05) is 13.6 Å². The molecule has 0 spiro atoms. The molecule has 0 saturated carbocycles. The molecule has 0 bridgehead atoms. The van der Waals surface area contributed by atoms with E-state index in [0.717, 1.165) is 0 Å². The van der Waals surface area contributed by atoms with Gasteiger partial charge in [0.05, 0.1) is 41.2 Å². The number of allylic oxidation sites excluding steroid dienone is 1. The lowest BCUT2D eigenvalue weighted by atomic mass is 10.1. The maximum absolute atomic E-state index is 11.0. The molecule has 9 heteroatoms. The highest BCUT2D eigenvalue weighted by Gasteiger charge is 2.10. The molecule has 1 aromatic heterocycles. The van der Waals surface area contributed by atoms with Crippen molar-refractivity contribution in [3.63, 3.8) is 0 Å². The summed E-state index contributed by atoms with van der Waals surface area (Å²) in [5, 5.41) is 18.2. The Balaban J connectivity index is 2.27. The van der Waals surface area contributed by atoms with Gasteiger partial charge in [0.25, 0.3) is 10.1 Å². The van der Waals surface area contributed by atoms with Crippen molar-refractivity contribution < 1.29 is 18.1 Å². The van der Waals surface area contributed by atoms with Crippen molar-refractivity contribution in [2.24, 2.45) is 0 Å². The monoisotopic (exact) mass is 360 g/mol. The van der Waals surface area contributed by atoms with Crippen LogP contribution >= 0.6 is 0 Å². The second-order valence-electron chi connectivity index (χ2n) is 5.11. The molecule has 0 fully saturated rings. The lowest BCUT2D eigenvalue weighted by Gasteiger charge is -2.15. The van der Waals surface area contributed by atoms with Crippen LogP contribution in [-0.2, 0) is 10.1 Å². The lowest BCUT2D eigenvalue weighted by molar-refractivity contribution is 0.304. The Bertz CT molecular complexity index is 901. The van der Waals surface area contributed by atoms with Gasteiger partial charge >= 0.3 is 0 Å². The highest BCUT2D eigenvalue weighted by Crippen LogP contribution is 2.19. The van der Waals surface area contributed by atoms with E-state index in [2.05, 4.69) is 9.97 Å². The standard InChI is InChI=1S/C16H16N4O4S/c1-20(6-7-21)16-11-18-14(10-19-16)8-13(9-17)12-2-4-15(5-3-12)25(22,23)24/h2-5,8,10-11,21H,6-7H2,1H3,(H,22,23,24)/b13-8+. The SMILES string of the molecule is CN(CCO)c1cnc(/C=C(\C#N)c2ccc(S(=O)(=O)O)cc2)cn1. The molecule has 0 atom stereocenters. The summed E-state index contributed by atoms with van der Waals surface area (Å²) < 4.78 is 31.1. The molecule has 8 nitrogen and oxygen atoms in total. The van der Waals surface area contributed by atoms with E-state index in [-0.39, 0.29) is 17.1 Å². The first-order chi connectivity index (χ1) is 11.8. The van der Waals surface area contributed by atoms with E-state index >= 15 is 0 Å². The molecular formula is C16H16N4O4S. The summed E-state index contributed by atoms with van der Waals surface area (Å²) >= 11 is 0. The van der Waals surface area contributed by atoms with E-state index in [1.807, 2.05) is 6.07 Å². The number of hydrogen-bond acceptors (Lipinski definition) is 7. The van der Waals surface area contributed by atoms with Gasteiger partial charge < -0.3 is 10.0 Å². The maximum Gasteiger partial charge on any atom is 0.294 e. The molecular weight excluding hydrogens is 344 g/mol. The van der Waals surface area contributed by atoms with Crippen molar-refractivity contribution in [2.75, 3.05) is 25.1 Å². The summed E-state index contributed by atoms with van der Waals surface area (Å²) in [6.07, 6.45) is 4.54. The van der Waals surface area contributed by atoms with E-state index in [4.69, 9.17) is 9.66 Å². The molecule has 0 unspecified atom stereocenters. The second kappa shape index (κ2) is 7.85. The van der Waals surface area contributed by atoms with E-state index < -0.39 is 10.1 Å². The third kappa shape index (κ3) is 4.84. The average molecular weight is 360 g/mol. The number of aliphatic hydroxyl groups excluding tert-OH is 1. The van der Waals surface area contributed by atoms with Gasteiger partial charge in [-0.1, -0.05) is 12.1 Å². The van der Waals surface area contributed by atoms with Gasteiger partial charge in [-0.3, -0.25) is 9.54 Å². The van der Waals surface area contributed by atoms with E-state index in [1.54, 1.807) is 11.9 Å². The van der Waals surface area contributed by atoms with Gasteiger partial charge in [-0.15, -0.1) is 0 Å². The van der Waals surface area contributed by atoms with Crippen molar-refractivity contribution in [1.82, 2.24) is 9.97 Å². The molecule has 1 heterocycles. The van der Waals surface area contributed by atoms with Gasteiger partial charge in [-0.25, -0.2) is 4.98 Å². The third-order valence-electron chi connectivity index (χ3n) is 3.36. The zero-order chi connectivity index (χ0) is 18.4. The van der Waals surface area contributed by atoms with Crippen molar-refractivity contribution in [2.45, 2.75) is 4.90 Å². The first-order valence-corrected chi connectivity index (χ1v) is 8.63. The van der Waals surface area contributed by atoms with Gasteiger partial charge in [0.2, 0.25) is 0 Å². The predicted octanol–water partition coefficient (Wildman–Crippen LogP) is 1.22. The maximum atomic E-state index is 11.0. The Morgan fingerprint density at radius 1 is 1.28 bits per heavy atom. The quantitative estimate of drug-likeness (QED) is 0.581. The topological polar surface area (TPSA) is 127 Å². The Morgan fingerprint density at radius 3 is 2.44 bits per heavy atom. The van der Waals surface area contributed by atoms with Crippen molar-refractivity contribution in [1.29, 1.82) is 5.26 Å². The zero-order valence-corrected chi connectivity index (χ0v) is 14.2. The number of benzene rings is 1. The summed E-state index contributed by atoms with van der Waals surface area (Å²) in [5.74, 6) is 0.585. The molecule has 0 aliphatic heterocycles. The largest absolute Gasteiger partial charge is 0.395 e. The van der Waals surface area contributed by atoms with Gasteiger partial charge in [0.15, 0.2) is 0 Å². The second-order valence-corrected chi connectivity index (χ2v) is 6.54. The summed E-state index contributed by atoms with van der Waals surface area (Å²) in [6.45, 7) is 0.422. The van der Waals surface area contributed by atoms with Crippen LogP contribution in [0.4, 0.5) is 5.82 Å². The molecule has 1 aromatic carbocycles. The molecule has 2 N–H and O–H groups in total.